The second-order valence-electron chi connectivity index (χ2n) is 6.32. The van der Waals surface area contributed by atoms with E-state index in [0.29, 0.717) is 13.2 Å². The number of nitrogens with zero attached hydrogens (tertiary/aromatic N) is 1. The van der Waals surface area contributed by atoms with Crippen LogP contribution in [0, 0.1) is 0 Å². The van der Waals surface area contributed by atoms with E-state index in [2.05, 4.69) is 32.4 Å². The molecule has 1 fully saturated rings. The highest BCUT2D eigenvalue weighted by molar-refractivity contribution is 14.0. The molecule has 0 spiro atoms. The molecule has 1 aliphatic rings. The number of carbonyl (C=O) groups is 1. The minimum atomic E-state index is -0.325. The van der Waals surface area contributed by atoms with Gasteiger partial charge in [-0.05, 0) is 48.9 Å². The lowest BCUT2D eigenvalue weighted by Crippen LogP contribution is -2.36. The molecule has 1 amide bonds. The highest BCUT2D eigenvalue weighted by Gasteiger charge is 2.23. The SMILES string of the molecule is CCNC(=NCc1cccc(NC(=O)C2CCCO2)c1)NCc1cccs1.I. The van der Waals surface area contributed by atoms with Crippen LogP contribution in [-0.2, 0) is 22.6 Å². The number of nitrogens with one attached hydrogen (secondary N) is 3. The molecule has 1 aliphatic heterocycles. The standard InChI is InChI=1S/C20H26N4O2S.HI/c1-2-21-20(23-14-17-8-5-11-27-17)22-13-15-6-3-7-16(12-15)24-19(25)18-9-4-10-26-18;/h3,5-8,11-12,18H,2,4,9-10,13-14H2,1H3,(H,24,25)(H2,21,22,23);1H. The summed E-state index contributed by atoms with van der Waals surface area (Å²) < 4.78 is 5.43. The molecule has 28 heavy (non-hydrogen) atoms. The Morgan fingerprint density at radius 1 is 1.29 bits per heavy atom. The summed E-state index contributed by atoms with van der Waals surface area (Å²) in [6, 6.07) is 11.9. The van der Waals surface area contributed by atoms with Crippen LogP contribution in [-0.4, -0.2) is 31.1 Å². The fourth-order valence-electron chi connectivity index (χ4n) is 2.85. The zero-order valence-corrected chi connectivity index (χ0v) is 19.1. The van der Waals surface area contributed by atoms with Gasteiger partial charge in [-0.2, -0.15) is 0 Å². The highest BCUT2D eigenvalue weighted by atomic mass is 127. The molecule has 0 aliphatic carbocycles. The fourth-order valence-corrected chi connectivity index (χ4v) is 3.50. The predicted molar refractivity (Wildman–Crippen MR) is 125 cm³/mol. The van der Waals surface area contributed by atoms with Crippen LogP contribution in [0.1, 0.15) is 30.2 Å². The molecule has 2 heterocycles. The number of guanidine groups is 1. The molecule has 3 rings (SSSR count). The van der Waals surface area contributed by atoms with Crippen molar-refractivity contribution in [1.29, 1.82) is 0 Å². The van der Waals surface area contributed by atoms with Crippen LogP contribution in [0.25, 0.3) is 0 Å². The Balaban J connectivity index is 0.00000280. The smallest absolute Gasteiger partial charge is 0.253 e. The first-order chi connectivity index (χ1) is 13.2. The summed E-state index contributed by atoms with van der Waals surface area (Å²) in [6.45, 7) is 4.79. The van der Waals surface area contributed by atoms with E-state index in [-0.39, 0.29) is 36.0 Å². The number of thiophene rings is 1. The normalized spacial score (nSPS) is 16.3. The van der Waals surface area contributed by atoms with Crippen LogP contribution in [0.4, 0.5) is 5.69 Å². The number of hydrogen-bond acceptors (Lipinski definition) is 4. The van der Waals surface area contributed by atoms with Gasteiger partial charge in [-0.3, -0.25) is 4.79 Å². The molecule has 1 atom stereocenters. The summed E-state index contributed by atoms with van der Waals surface area (Å²) in [7, 11) is 0. The van der Waals surface area contributed by atoms with Gasteiger partial charge >= 0.3 is 0 Å². The second kappa shape index (κ2) is 12.0. The maximum Gasteiger partial charge on any atom is 0.253 e. The molecule has 1 aromatic heterocycles. The average Bonchev–Trinajstić information content (AvgIpc) is 3.38. The van der Waals surface area contributed by atoms with E-state index in [1.165, 1.54) is 4.88 Å². The van der Waals surface area contributed by atoms with Crippen molar-refractivity contribution >= 4 is 52.9 Å². The van der Waals surface area contributed by atoms with E-state index < -0.39 is 0 Å². The largest absolute Gasteiger partial charge is 0.368 e. The first-order valence-corrected chi connectivity index (χ1v) is 10.2. The summed E-state index contributed by atoms with van der Waals surface area (Å²) in [5.41, 5.74) is 1.81. The van der Waals surface area contributed by atoms with Gasteiger partial charge in [-0.15, -0.1) is 35.3 Å². The molecule has 152 valence electrons. The van der Waals surface area contributed by atoms with Crippen molar-refractivity contribution in [3.05, 3.63) is 52.2 Å². The van der Waals surface area contributed by atoms with Gasteiger partial charge in [-0.25, -0.2) is 4.99 Å². The van der Waals surface area contributed by atoms with E-state index in [0.717, 1.165) is 43.1 Å². The summed E-state index contributed by atoms with van der Waals surface area (Å²) >= 11 is 1.72. The minimum absolute atomic E-state index is 0. The number of amides is 1. The molecular formula is C20H27IN4O2S. The number of ether oxygens (including phenoxy) is 1. The lowest BCUT2D eigenvalue weighted by Gasteiger charge is -2.12. The van der Waals surface area contributed by atoms with Gasteiger partial charge in [0, 0.05) is 23.7 Å². The number of benzene rings is 1. The lowest BCUT2D eigenvalue weighted by atomic mass is 10.2. The average molecular weight is 514 g/mol. The first-order valence-electron chi connectivity index (χ1n) is 9.30. The van der Waals surface area contributed by atoms with Gasteiger partial charge in [0.05, 0.1) is 13.1 Å². The molecule has 1 aromatic carbocycles. The Morgan fingerprint density at radius 2 is 2.18 bits per heavy atom. The van der Waals surface area contributed by atoms with Crippen molar-refractivity contribution in [2.45, 2.75) is 39.0 Å². The lowest BCUT2D eigenvalue weighted by molar-refractivity contribution is -0.124. The number of hydrogen-bond donors (Lipinski definition) is 3. The van der Waals surface area contributed by atoms with Gasteiger partial charge in [0.25, 0.3) is 5.91 Å². The predicted octanol–water partition coefficient (Wildman–Crippen LogP) is 3.74. The molecular weight excluding hydrogens is 487 g/mol. The van der Waals surface area contributed by atoms with Crippen molar-refractivity contribution in [2.24, 2.45) is 4.99 Å². The third-order valence-corrected chi connectivity index (χ3v) is 5.07. The maximum absolute atomic E-state index is 12.2. The Bertz CT molecular complexity index is 761. The van der Waals surface area contributed by atoms with Gasteiger partial charge in [0.1, 0.15) is 6.10 Å². The first kappa shape index (κ1) is 22.6. The third kappa shape index (κ3) is 7.06. The number of rotatable bonds is 7. The highest BCUT2D eigenvalue weighted by Crippen LogP contribution is 2.16. The quantitative estimate of drug-likeness (QED) is 0.299. The number of carbonyl (C=O) groups excluding carboxylic acids is 1. The molecule has 0 radical (unpaired) electrons. The summed E-state index contributed by atoms with van der Waals surface area (Å²) in [5, 5.41) is 11.6. The van der Waals surface area contributed by atoms with E-state index in [1.54, 1.807) is 11.3 Å². The van der Waals surface area contributed by atoms with Crippen molar-refractivity contribution in [1.82, 2.24) is 10.6 Å². The van der Waals surface area contributed by atoms with Gasteiger partial charge in [0.2, 0.25) is 0 Å². The van der Waals surface area contributed by atoms with Crippen LogP contribution < -0.4 is 16.0 Å². The second-order valence-corrected chi connectivity index (χ2v) is 7.35. The molecule has 0 bridgehead atoms. The monoisotopic (exact) mass is 514 g/mol. The van der Waals surface area contributed by atoms with Crippen molar-refractivity contribution in [3.63, 3.8) is 0 Å². The van der Waals surface area contributed by atoms with Crippen LogP contribution in [0.2, 0.25) is 0 Å². The molecule has 0 saturated carbocycles. The van der Waals surface area contributed by atoms with Crippen LogP contribution in [0.15, 0.2) is 46.8 Å². The van der Waals surface area contributed by atoms with E-state index in [1.807, 2.05) is 37.3 Å². The van der Waals surface area contributed by atoms with Gasteiger partial charge < -0.3 is 20.7 Å². The zero-order valence-electron chi connectivity index (χ0n) is 15.9. The molecule has 1 unspecified atom stereocenters. The topological polar surface area (TPSA) is 74.8 Å². The molecule has 3 N–H and O–H groups in total. The molecule has 1 saturated heterocycles. The number of halogens is 1. The van der Waals surface area contributed by atoms with Crippen LogP contribution in [0.5, 0.6) is 0 Å². The Morgan fingerprint density at radius 3 is 2.89 bits per heavy atom. The minimum Gasteiger partial charge on any atom is -0.368 e. The summed E-state index contributed by atoms with van der Waals surface area (Å²) in [6.07, 6.45) is 1.41. The summed E-state index contributed by atoms with van der Waals surface area (Å²) in [4.78, 5) is 18.1. The molecule has 2 aromatic rings. The van der Waals surface area contributed by atoms with E-state index >= 15 is 0 Å². The maximum atomic E-state index is 12.2. The van der Waals surface area contributed by atoms with Crippen molar-refractivity contribution < 1.29 is 9.53 Å². The third-order valence-electron chi connectivity index (χ3n) is 4.19. The number of anilines is 1. The van der Waals surface area contributed by atoms with E-state index in [4.69, 9.17) is 4.74 Å². The van der Waals surface area contributed by atoms with Crippen LogP contribution in [0.3, 0.4) is 0 Å². The number of aliphatic imine (C=N–C) groups is 1. The zero-order chi connectivity index (χ0) is 18.9. The van der Waals surface area contributed by atoms with Gasteiger partial charge in [0.15, 0.2) is 5.96 Å². The van der Waals surface area contributed by atoms with Gasteiger partial charge in [-0.1, -0.05) is 18.2 Å². The Hall–Kier alpha value is -1.65. The molecule has 8 heteroatoms. The summed E-state index contributed by atoms with van der Waals surface area (Å²) in [5.74, 6) is 0.707. The molecule has 6 nitrogen and oxygen atoms in total. The Labute approximate surface area is 187 Å². The van der Waals surface area contributed by atoms with E-state index in [9.17, 15) is 4.79 Å². The van der Waals surface area contributed by atoms with Crippen molar-refractivity contribution in [3.8, 4) is 0 Å². The van der Waals surface area contributed by atoms with Crippen LogP contribution >= 0.6 is 35.3 Å². The Kier molecular flexibility index (Phi) is 9.72. The fraction of sp³-hybridized carbons (Fsp3) is 0.400. The van der Waals surface area contributed by atoms with Crippen molar-refractivity contribution in [2.75, 3.05) is 18.5 Å².